The van der Waals surface area contributed by atoms with E-state index in [-0.39, 0.29) is 4.75 Å². The summed E-state index contributed by atoms with van der Waals surface area (Å²) in [5.41, 5.74) is 0. The molecule has 0 aromatic carbocycles. The van der Waals surface area contributed by atoms with Gasteiger partial charge in [0.15, 0.2) is 5.96 Å². The Bertz CT molecular complexity index is 408. The van der Waals surface area contributed by atoms with E-state index in [2.05, 4.69) is 42.1 Å². The smallest absolute Gasteiger partial charge is 0.193 e. The number of guanidine groups is 1. The fourth-order valence-corrected chi connectivity index (χ4v) is 4.60. The van der Waals surface area contributed by atoms with E-state index < -0.39 is 0 Å². The first-order chi connectivity index (χ1) is 12.2. The molecule has 0 aromatic rings. The molecule has 2 aliphatic rings. The van der Waals surface area contributed by atoms with Crippen molar-refractivity contribution in [3.63, 3.8) is 0 Å². The van der Waals surface area contributed by atoms with Gasteiger partial charge in [-0.3, -0.25) is 4.99 Å². The van der Waals surface area contributed by atoms with E-state index in [9.17, 15) is 0 Å². The highest BCUT2D eigenvalue weighted by molar-refractivity contribution is 8.00. The second-order valence-electron chi connectivity index (χ2n) is 7.26. The number of ether oxygens (including phenoxy) is 1. The monoisotopic (exact) mass is 370 g/mol. The Hall–Kier alpha value is -0.460. The van der Waals surface area contributed by atoms with Crippen LogP contribution in [0.5, 0.6) is 0 Å². The Morgan fingerprint density at radius 2 is 2.00 bits per heavy atom. The Morgan fingerprint density at radius 1 is 1.28 bits per heavy atom. The van der Waals surface area contributed by atoms with Crippen LogP contribution in [0.25, 0.3) is 0 Å². The van der Waals surface area contributed by atoms with Crippen molar-refractivity contribution in [1.82, 2.24) is 15.1 Å². The molecular formula is C19H38N4OS. The fraction of sp³-hybridized carbons (Fsp3) is 0.947. The second kappa shape index (κ2) is 10.6. The Kier molecular flexibility index (Phi) is 8.87. The lowest BCUT2D eigenvalue weighted by Crippen LogP contribution is -2.43. The molecule has 6 heteroatoms. The number of nitrogens with zero attached hydrogens (tertiary/aromatic N) is 3. The third-order valence-electron chi connectivity index (χ3n) is 5.69. The molecule has 0 spiro atoms. The lowest BCUT2D eigenvalue weighted by molar-refractivity contribution is 0.0793. The molecule has 0 radical (unpaired) electrons. The fourth-order valence-electron chi connectivity index (χ4n) is 3.84. The minimum atomic E-state index is 0.263. The summed E-state index contributed by atoms with van der Waals surface area (Å²) in [7, 11) is 0. The predicted octanol–water partition coefficient (Wildman–Crippen LogP) is 2.53. The zero-order valence-electron chi connectivity index (χ0n) is 16.7. The van der Waals surface area contributed by atoms with Gasteiger partial charge in [-0.2, -0.15) is 11.8 Å². The molecular weight excluding hydrogens is 332 g/mol. The highest BCUT2D eigenvalue weighted by atomic mass is 32.2. The van der Waals surface area contributed by atoms with Crippen LogP contribution in [0.3, 0.4) is 0 Å². The van der Waals surface area contributed by atoms with Gasteiger partial charge in [-0.05, 0) is 51.4 Å². The van der Waals surface area contributed by atoms with Gasteiger partial charge in [0.1, 0.15) is 0 Å². The molecule has 25 heavy (non-hydrogen) atoms. The van der Waals surface area contributed by atoms with E-state index >= 15 is 0 Å². The zero-order chi connectivity index (χ0) is 18.1. The van der Waals surface area contributed by atoms with Crippen LogP contribution in [0.4, 0.5) is 0 Å². The van der Waals surface area contributed by atoms with Crippen molar-refractivity contribution in [1.29, 1.82) is 0 Å². The Morgan fingerprint density at radius 3 is 2.60 bits per heavy atom. The summed E-state index contributed by atoms with van der Waals surface area (Å²) in [4.78, 5) is 10.1. The summed E-state index contributed by atoms with van der Waals surface area (Å²) in [6.07, 6.45) is 5.73. The minimum absolute atomic E-state index is 0.263. The molecule has 1 unspecified atom stereocenters. The molecule has 1 atom stereocenters. The molecule has 146 valence electrons. The number of thioether (sulfide) groups is 1. The van der Waals surface area contributed by atoms with Gasteiger partial charge >= 0.3 is 0 Å². The molecule has 0 bridgehead atoms. The highest BCUT2D eigenvalue weighted by Gasteiger charge is 2.32. The molecule has 2 rings (SSSR count). The van der Waals surface area contributed by atoms with Crippen molar-refractivity contribution in [2.45, 2.75) is 44.8 Å². The van der Waals surface area contributed by atoms with Crippen molar-refractivity contribution in [2.24, 2.45) is 10.9 Å². The van der Waals surface area contributed by atoms with Crippen LogP contribution in [0.15, 0.2) is 4.99 Å². The minimum Gasteiger partial charge on any atom is -0.381 e. The first kappa shape index (κ1) is 20.8. The van der Waals surface area contributed by atoms with Gasteiger partial charge in [-0.15, -0.1) is 0 Å². The van der Waals surface area contributed by atoms with Gasteiger partial charge in [0.05, 0.1) is 6.54 Å². The van der Waals surface area contributed by atoms with Crippen molar-refractivity contribution in [2.75, 3.05) is 65.3 Å². The lowest BCUT2D eigenvalue weighted by atomic mass is 9.99. The summed E-state index contributed by atoms with van der Waals surface area (Å²) >= 11 is 1.97. The number of nitrogens with one attached hydrogen (secondary N) is 1. The van der Waals surface area contributed by atoms with Gasteiger partial charge < -0.3 is 19.9 Å². The van der Waals surface area contributed by atoms with Crippen LogP contribution in [0.1, 0.15) is 40.0 Å². The largest absolute Gasteiger partial charge is 0.381 e. The maximum Gasteiger partial charge on any atom is 0.193 e. The van der Waals surface area contributed by atoms with Crippen LogP contribution < -0.4 is 5.32 Å². The van der Waals surface area contributed by atoms with Crippen molar-refractivity contribution < 1.29 is 4.74 Å². The topological polar surface area (TPSA) is 40.1 Å². The molecule has 2 heterocycles. The van der Waals surface area contributed by atoms with Crippen molar-refractivity contribution >= 4 is 17.7 Å². The van der Waals surface area contributed by atoms with Crippen LogP contribution in [-0.2, 0) is 4.74 Å². The average Bonchev–Trinajstić information content (AvgIpc) is 3.12. The van der Waals surface area contributed by atoms with E-state index in [1.807, 2.05) is 11.8 Å². The molecule has 2 saturated heterocycles. The molecule has 2 fully saturated rings. The van der Waals surface area contributed by atoms with E-state index in [0.29, 0.717) is 0 Å². The second-order valence-corrected chi connectivity index (χ2v) is 8.53. The highest BCUT2D eigenvalue weighted by Crippen LogP contribution is 2.34. The van der Waals surface area contributed by atoms with Gasteiger partial charge in [-0.25, -0.2) is 0 Å². The number of hydrogen-bond acceptors (Lipinski definition) is 4. The standard InChI is InChI=1S/C19H38N4OS/c1-5-20-18(21-16-19(25-4)9-12-24-13-10-19)23-11-8-17(15-23)14-22(6-2)7-3/h17H,5-16H2,1-4H3,(H,20,21). The van der Waals surface area contributed by atoms with Crippen LogP contribution >= 0.6 is 11.8 Å². The number of likely N-dealkylation sites (tertiary alicyclic amines) is 1. The summed E-state index contributed by atoms with van der Waals surface area (Å²) in [6, 6.07) is 0. The number of hydrogen-bond donors (Lipinski definition) is 1. The third-order valence-corrected chi connectivity index (χ3v) is 7.09. The van der Waals surface area contributed by atoms with Crippen LogP contribution in [0, 0.1) is 5.92 Å². The summed E-state index contributed by atoms with van der Waals surface area (Å²) < 4.78 is 5.82. The van der Waals surface area contributed by atoms with Crippen LogP contribution in [-0.4, -0.2) is 85.8 Å². The van der Waals surface area contributed by atoms with Gasteiger partial charge in [-0.1, -0.05) is 13.8 Å². The van der Waals surface area contributed by atoms with Crippen LogP contribution in [0.2, 0.25) is 0 Å². The average molecular weight is 371 g/mol. The van der Waals surface area contributed by atoms with E-state index in [1.165, 1.54) is 13.0 Å². The lowest BCUT2D eigenvalue weighted by Gasteiger charge is -2.34. The maximum absolute atomic E-state index is 5.56. The zero-order valence-corrected chi connectivity index (χ0v) is 17.5. The third kappa shape index (κ3) is 6.04. The molecule has 2 aliphatic heterocycles. The molecule has 0 aliphatic carbocycles. The summed E-state index contributed by atoms with van der Waals surface area (Å²) in [5.74, 6) is 1.88. The molecule has 0 aromatic heterocycles. The molecule has 0 saturated carbocycles. The first-order valence-corrected chi connectivity index (χ1v) is 11.3. The van der Waals surface area contributed by atoms with Gasteiger partial charge in [0.25, 0.3) is 0 Å². The van der Waals surface area contributed by atoms with Gasteiger partial charge in [0, 0.05) is 44.1 Å². The number of rotatable bonds is 8. The Labute approximate surface area is 158 Å². The van der Waals surface area contributed by atoms with Crippen molar-refractivity contribution in [3.05, 3.63) is 0 Å². The molecule has 5 nitrogen and oxygen atoms in total. The number of aliphatic imine (C=N–C) groups is 1. The molecule has 0 amide bonds. The maximum atomic E-state index is 5.56. The summed E-state index contributed by atoms with van der Waals surface area (Å²) in [5, 5.41) is 3.53. The van der Waals surface area contributed by atoms with Gasteiger partial charge in [0.2, 0.25) is 0 Å². The van der Waals surface area contributed by atoms with E-state index in [1.54, 1.807) is 0 Å². The quantitative estimate of drug-likeness (QED) is 0.525. The SMILES string of the molecule is CCNC(=NCC1(SC)CCOCC1)N1CCC(CN(CC)CC)C1. The van der Waals surface area contributed by atoms with E-state index in [4.69, 9.17) is 9.73 Å². The molecule has 1 N–H and O–H groups in total. The predicted molar refractivity (Wildman–Crippen MR) is 110 cm³/mol. The van der Waals surface area contributed by atoms with Crippen molar-refractivity contribution in [3.8, 4) is 0 Å². The normalized spacial score (nSPS) is 24.1. The van der Waals surface area contributed by atoms with E-state index in [0.717, 1.165) is 77.2 Å². The summed E-state index contributed by atoms with van der Waals surface area (Å²) in [6.45, 7) is 16.1. The Balaban J connectivity index is 1.95. The first-order valence-electron chi connectivity index (χ1n) is 10.0.